The van der Waals surface area contributed by atoms with Gasteiger partial charge in [0, 0.05) is 0 Å². The van der Waals surface area contributed by atoms with E-state index in [2.05, 4.69) is 4.74 Å². The fourth-order valence-corrected chi connectivity index (χ4v) is 0.994. The van der Waals surface area contributed by atoms with E-state index < -0.39 is 17.6 Å². The summed E-state index contributed by atoms with van der Waals surface area (Å²) in [6, 6.07) is 0.969. The van der Waals surface area contributed by atoms with Gasteiger partial charge in [-0.25, -0.2) is 4.39 Å². The van der Waals surface area contributed by atoms with Crippen molar-refractivity contribution in [2.45, 2.75) is 6.18 Å². The normalized spacial score (nSPS) is 11.5. The molecule has 0 radical (unpaired) electrons. The van der Waals surface area contributed by atoms with Gasteiger partial charge in [-0.15, -0.1) is 0 Å². The van der Waals surface area contributed by atoms with E-state index in [1.54, 1.807) is 0 Å². The fourth-order valence-electron chi connectivity index (χ4n) is 0.994. The first-order valence-corrected chi connectivity index (χ1v) is 3.56. The second-order valence-corrected chi connectivity index (χ2v) is 2.58. The Hall–Kier alpha value is -1.46. The van der Waals surface area contributed by atoms with Gasteiger partial charge in [0.1, 0.15) is 0 Å². The summed E-state index contributed by atoms with van der Waals surface area (Å²) in [5, 5.41) is 0. The van der Waals surface area contributed by atoms with Crippen molar-refractivity contribution in [2.24, 2.45) is 0 Å². The van der Waals surface area contributed by atoms with Crippen LogP contribution < -0.4 is 10.5 Å². The number of ether oxygens (including phenoxy) is 1. The van der Waals surface area contributed by atoms with E-state index >= 15 is 0 Å². The molecule has 1 aromatic carbocycles. The van der Waals surface area contributed by atoms with Crippen LogP contribution in [0, 0.1) is 5.82 Å². The number of nitrogens with two attached hydrogens (primary N) is 1. The Labute approximate surface area is 77.3 Å². The summed E-state index contributed by atoms with van der Waals surface area (Å²) < 4.78 is 53.8. The molecule has 6 heteroatoms. The Balaban J connectivity index is 3.28. The van der Waals surface area contributed by atoms with Gasteiger partial charge in [0.05, 0.1) is 18.4 Å². The molecule has 0 atom stereocenters. The Kier molecular flexibility index (Phi) is 2.55. The molecule has 0 aliphatic heterocycles. The van der Waals surface area contributed by atoms with Crippen molar-refractivity contribution in [2.75, 3.05) is 12.8 Å². The molecule has 14 heavy (non-hydrogen) atoms. The number of alkyl halides is 3. The third kappa shape index (κ3) is 1.89. The quantitative estimate of drug-likeness (QED) is 0.569. The highest BCUT2D eigenvalue weighted by Gasteiger charge is 2.32. The molecule has 0 aliphatic rings. The van der Waals surface area contributed by atoms with Crippen LogP contribution in [0.4, 0.5) is 23.2 Å². The van der Waals surface area contributed by atoms with Gasteiger partial charge in [-0.1, -0.05) is 0 Å². The largest absolute Gasteiger partial charge is 0.492 e. The maximum absolute atomic E-state index is 12.9. The molecule has 0 heterocycles. The van der Waals surface area contributed by atoms with Crippen molar-refractivity contribution in [3.63, 3.8) is 0 Å². The molecule has 0 aliphatic carbocycles. The first-order chi connectivity index (χ1) is 6.36. The predicted molar refractivity (Wildman–Crippen MR) is 42.4 cm³/mol. The zero-order valence-corrected chi connectivity index (χ0v) is 7.15. The number of anilines is 1. The number of benzene rings is 1. The molecular weight excluding hydrogens is 202 g/mol. The molecule has 0 bridgehead atoms. The van der Waals surface area contributed by atoms with Crippen LogP contribution in [-0.4, -0.2) is 7.11 Å². The number of nitrogen functional groups attached to an aromatic ring is 1. The van der Waals surface area contributed by atoms with Crippen molar-refractivity contribution >= 4 is 5.69 Å². The summed E-state index contributed by atoms with van der Waals surface area (Å²) >= 11 is 0. The van der Waals surface area contributed by atoms with Gasteiger partial charge in [0.2, 0.25) is 0 Å². The number of hydrogen-bond donors (Lipinski definition) is 1. The van der Waals surface area contributed by atoms with Crippen LogP contribution in [-0.2, 0) is 6.18 Å². The molecule has 0 spiro atoms. The summed E-state index contributed by atoms with van der Waals surface area (Å²) in [6.45, 7) is 0. The molecule has 0 fully saturated rings. The number of halogens is 4. The van der Waals surface area contributed by atoms with Crippen LogP contribution in [0.25, 0.3) is 0 Å². The van der Waals surface area contributed by atoms with Crippen LogP contribution >= 0.6 is 0 Å². The van der Waals surface area contributed by atoms with Gasteiger partial charge in [0.15, 0.2) is 11.6 Å². The lowest BCUT2D eigenvalue weighted by atomic mass is 10.1. The Morgan fingerprint density at radius 1 is 1.29 bits per heavy atom. The van der Waals surface area contributed by atoms with Gasteiger partial charge in [0.25, 0.3) is 0 Å². The smallest absolute Gasteiger partial charge is 0.416 e. The third-order valence-corrected chi connectivity index (χ3v) is 1.60. The second kappa shape index (κ2) is 3.36. The maximum atomic E-state index is 12.9. The molecule has 0 amide bonds. The second-order valence-electron chi connectivity index (χ2n) is 2.58. The van der Waals surface area contributed by atoms with E-state index in [1.807, 2.05) is 0 Å². The van der Waals surface area contributed by atoms with Gasteiger partial charge in [-0.3, -0.25) is 0 Å². The lowest BCUT2D eigenvalue weighted by Gasteiger charge is -2.10. The summed E-state index contributed by atoms with van der Waals surface area (Å²) in [7, 11) is 1.13. The molecule has 0 saturated heterocycles. The van der Waals surface area contributed by atoms with Crippen molar-refractivity contribution in [1.29, 1.82) is 0 Å². The van der Waals surface area contributed by atoms with Crippen LogP contribution in [0.15, 0.2) is 12.1 Å². The molecule has 1 rings (SSSR count). The average Bonchev–Trinajstić information content (AvgIpc) is 2.01. The lowest BCUT2D eigenvalue weighted by molar-refractivity contribution is -0.137. The van der Waals surface area contributed by atoms with Gasteiger partial charge in [-0.2, -0.15) is 13.2 Å². The van der Waals surface area contributed by atoms with E-state index in [0.29, 0.717) is 12.1 Å². The zero-order valence-electron chi connectivity index (χ0n) is 7.15. The first-order valence-electron chi connectivity index (χ1n) is 3.56. The minimum atomic E-state index is -4.61. The van der Waals surface area contributed by atoms with Gasteiger partial charge in [-0.05, 0) is 12.1 Å². The highest BCUT2D eigenvalue weighted by Crippen LogP contribution is 2.35. The summed E-state index contributed by atoms with van der Waals surface area (Å²) in [5.74, 6) is -1.50. The van der Waals surface area contributed by atoms with E-state index in [0.717, 1.165) is 7.11 Å². The highest BCUT2D eigenvalue weighted by atomic mass is 19.4. The average molecular weight is 209 g/mol. The molecule has 2 nitrogen and oxygen atoms in total. The Morgan fingerprint density at radius 2 is 1.86 bits per heavy atom. The van der Waals surface area contributed by atoms with E-state index in [4.69, 9.17) is 5.73 Å². The standard InChI is InChI=1S/C8H7F4NO/c1-14-7-5(9)2-4(3-6(7)13)8(10,11)12/h2-3H,13H2,1H3. The maximum Gasteiger partial charge on any atom is 0.416 e. The zero-order chi connectivity index (χ0) is 10.9. The lowest BCUT2D eigenvalue weighted by Crippen LogP contribution is -2.07. The molecule has 0 unspecified atom stereocenters. The number of rotatable bonds is 1. The molecule has 0 saturated carbocycles. The SMILES string of the molecule is COc1c(N)cc(C(F)(F)F)cc1F. The van der Waals surface area contributed by atoms with Gasteiger partial charge >= 0.3 is 6.18 Å². The van der Waals surface area contributed by atoms with Crippen LogP contribution in [0.2, 0.25) is 0 Å². The summed E-state index contributed by atoms with van der Waals surface area (Å²) in [4.78, 5) is 0. The highest BCUT2D eigenvalue weighted by molar-refractivity contribution is 5.55. The van der Waals surface area contributed by atoms with E-state index in [9.17, 15) is 17.6 Å². The monoisotopic (exact) mass is 209 g/mol. The van der Waals surface area contributed by atoms with Crippen LogP contribution in [0.3, 0.4) is 0 Å². The third-order valence-electron chi connectivity index (χ3n) is 1.60. The Morgan fingerprint density at radius 3 is 2.21 bits per heavy atom. The van der Waals surface area contributed by atoms with E-state index in [1.165, 1.54) is 0 Å². The fraction of sp³-hybridized carbons (Fsp3) is 0.250. The van der Waals surface area contributed by atoms with Gasteiger partial charge < -0.3 is 10.5 Å². The molecule has 2 N–H and O–H groups in total. The molecule has 78 valence electrons. The minimum absolute atomic E-state index is 0.342. The van der Waals surface area contributed by atoms with Crippen molar-refractivity contribution in [3.05, 3.63) is 23.5 Å². The van der Waals surface area contributed by atoms with Crippen molar-refractivity contribution in [1.82, 2.24) is 0 Å². The van der Waals surface area contributed by atoms with Crippen molar-refractivity contribution < 1.29 is 22.3 Å². The summed E-state index contributed by atoms with van der Waals surface area (Å²) in [6.07, 6.45) is -4.61. The van der Waals surface area contributed by atoms with Crippen molar-refractivity contribution in [3.8, 4) is 5.75 Å². The van der Waals surface area contributed by atoms with E-state index in [-0.39, 0.29) is 11.4 Å². The predicted octanol–water partition coefficient (Wildman–Crippen LogP) is 2.44. The molecular formula is C8H7F4NO. The Bertz CT molecular complexity index is 325. The molecule has 0 aromatic heterocycles. The number of methoxy groups -OCH3 is 1. The topological polar surface area (TPSA) is 35.2 Å². The van der Waals surface area contributed by atoms with Crippen LogP contribution in [0.5, 0.6) is 5.75 Å². The van der Waals surface area contributed by atoms with Crippen LogP contribution in [0.1, 0.15) is 5.56 Å². The number of hydrogen-bond acceptors (Lipinski definition) is 2. The summed E-state index contributed by atoms with van der Waals surface area (Å²) in [5.41, 5.74) is 3.66. The minimum Gasteiger partial charge on any atom is -0.492 e. The molecule has 1 aromatic rings. The first kappa shape index (κ1) is 10.6.